The van der Waals surface area contributed by atoms with Gasteiger partial charge in [0, 0.05) is 37.9 Å². The van der Waals surface area contributed by atoms with Crippen molar-refractivity contribution in [2.45, 2.75) is 26.3 Å². The molecule has 0 atom stereocenters. The Morgan fingerprint density at radius 1 is 1.30 bits per heavy atom. The fourth-order valence-corrected chi connectivity index (χ4v) is 2.97. The van der Waals surface area contributed by atoms with Crippen molar-refractivity contribution in [1.29, 1.82) is 0 Å². The summed E-state index contributed by atoms with van der Waals surface area (Å²) in [6.45, 7) is 4.63. The van der Waals surface area contributed by atoms with Crippen LogP contribution in [0, 0.1) is 6.92 Å². The number of nitrogens with zero attached hydrogens (tertiary/aromatic N) is 4. The van der Waals surface area contributed by atoms with Gasteiger partial charge < -0.3 is 10.2 Å². The van der Waals surface area contributed by atoms with Gasteiger partial charge in [-0.15, -0.1) is 0 Å². The molecule has 2 aromatic heterocycles. The summed E-state index contributed by atoms with van der Waals surface area (Å²) < 4.78 is 1.22. The van der Waals surface area contributed by atoms with Crippen LogP contribution in [0.3, 0.4) is 0 Å². The molecule has 122 valence electrons. The van der Waals surface area contributed by atoms with Gasteiger partial charge in [-0.2, -0.15) is 5.10 Å². The van der Waals surface area contributed by atoms with Crippen LogP contribution in [0.4, 0.5) is 11.5 Å². The summed E-state index contributed by atoms with van der Waals surface area (Å²) in [6.07, 6.45) is 3.97. The second-order valence-electron chi connectivity index (χ2n) is 5.78. The number of rotatable bonds is 4. The van der Waals surface area contributed by atoms with E-state index in [1.165, 1.54) is 17.5 Å². The first-order valence-electron chi connectivity index (χ1n) is 7.73. The van der Waals surface area contributed by atoms with Crippen molar-refractivity contribution in [2.75, 3.05) is 23.3 Å². The number of halogens is 1. The Morgan fingerprint density at radius 3 is 2.78 bits per heavy atom. The van der Waals surface area contributed by atoms with Crippen molar-refractivity contribution in [1.82, 2.24) is 14.8 Å². The molecular weight excluding hydrogens is 314 g/mol. The van der Waals surface area contributed by atoms with E-state index in [9.17, 15) is 4.79 Å². The Hall–Kier alpha value is -2.08. The molecule has 3 heterocycles. The molecule has 1 aliphatic heterocycles. The van der Waals surface area contributed by atoms with Crippen LogP contribution >= 0.6 is 11.6 Å². The maximum atomic E-state index is 11.8. The molecule has 23 heavy (non-hydrogen) atoms. The average molecular weight is 334 g/mol. The third kappa shape index (κ3) is 3.32. The predicted molar refractivity (Wildman–Crippen MR) is 92.2 cm³/mol. The summed E-state index contributed by atoms with van der Waals surface area (Å²) >= 11 is 6.09. The van der Waals surface area contributed by atoms with E-state index in [-0.39, 0.29) is 10.6 Å². The molecule has 0 unspecified atom stereocenters. The quantitative estimate of drug-likeness (QED) is 0.930. The molecule has 1 saturated heterocycles. The summed E-state index contributed by atoms with van der Waals surface area (Å²) in [4.78, 5) is 18.8. The standard InChI is InChI=1S/C16H20ClN5O/c1-11-5-6-12(15(20-11)22-7-3-4-8-22)9-18-13-10-19-21(2)16(23)14(13)17/h5-6,10,18H,3-4,7-9H2,1-2H3. The lowest BCUT2D eigenvalue weighted by Crippen LogP contribution is -2.23. The number of pyridine rings is 1. The zero-order valence-corrected chi connectivity index (χ0v) is 14.1. The molecule has 3 rings (SSSR count). The van der Waals surface area contributed by atoms with E-state index in [0.717, 1.165) is 30.2 Å². The van der Waals surface area contributed by atoms with Gasteiger partial charge in [-0.25, -0.2) is 9.67 Å². The molecule has 1 N–H and O–H groups in total. The molecule has 0 spiro atoms. The van der Waals surface area contributed by atoms with Gasteiger partial charge in [-0.05, 0) is 25.8 Å². The number of aryl methyl sites for hydroxylation is 2. The molecule has 1 aliphatic rings. The van der Waals surface area contributed by atoms with E-state index in [2.05, 4.69) is 21.4 Å². The van der Waals surface area contributed by atoms with Crippen LogP contribution in [0.1, 0.15) is 24.1 Å². The summed E-state index contributed by atoms with van der Waals surface area (Å²) in [5, 5.41) is 7.36. The summed E-state index contributed by atoms with van der Waals surface area (Å²) in [5.41, 5.74) is 2.33. The van der Waals surface area contributed by atoms with Crippen LogP contribution in [-0.2, 0) is 13.6 Å². The topological polar surface area (TPSA) is 63.1 Å². The third-order valence-corrected chi connectivity index (χ3v) is 4.41. The molecule has 0 saturated carbocycles. The van der Waals surface area contributed by atoms with Crippen molar-refractivity contribution in [3.8, 4) is 0 Å². The van der Waals surface area contributed by atoms with E-state index < -0.39 is 0 Å². The predicted octanol–water partition coefficient (Wildman–Crippen LogP) is 2.35. The van der Waals surface area contributed by atoms with Gasteiger partial charge in [-0.3, -0.25) is 4.79 Å². The smallest absolute Gasteiger partial charge is 0.287 e. The van der Waals surface area contributed by atoms with E-state index in [1.54, 1.807) is 13.2 Å². The van der Waals surface area contributed by atoms with Crippen molar-refractivity contribution < 1.29 is 0 Å². The number of hydrogen-bond acceptors (Lipinski definition) is 5. The molecule has 0 aromatic carbocycles. The van der Waals surface area contributed by atoms with Crippen molar-refractivity contribution in [3.05, 3.63) is 45.0 Å². The Kier molecular flexibility index (Phi) is 4.52. The maximum Gasteiger partial charge on any atom is 0.287 e. The number of hydrogen-bond donors (Lipinski definition) is 1. The lowest BCUT2D eigenvalue weighted by Gasteiger charge is -2.21. The highest BCUT2D eigenvalue weighted by Crippen LogP contribution is 2.24. The largest absolute Gasteiger partial charge is 0.378 e. The fraction of sp³-hybridized carbons (Fsp3) is 0.438. The van der Waals surface area contributed by atoms with Crippen LogP contribution in [0.2, 0.25) is 5.02 Å². The Bertz CT molecular complexity index is 768. The zero-order valence-electron chi connectivity index (χ0n) is 13.3. The SMILES string of the molecule is Cc1ccc(CNc2cnn(C)c(=O)c2Cl)c(N2CCCC2)n1. The minimum Gasteiger partial charge on any atom is -0.378 e. The Labute approximate surface area is 140 Å². The maximum absolute atomic E-state index is 11.8. The lowest BCUT2D eigenvalue weighted by molar-refractivity contribution is 0.708. The Balaban J connectivity index is 1.83. The van der Waals surface area contributed by atoms with Gasteiger partial charge in [0.25, 0.3) is 5.56 Å². The molecular formula is C16H20ClN5O. The van der Waals surface area contributed by atoms with Gasteiger partial charge >= 0.3 is 0 Å². The molecule has 0 bridgehead atoms. The van der Waals surface area contributed by atoms with Gasteiger partial charge in [0.05, 0.1) is 11.9 Å². The normalized spacial score (nSPS) is 14.3. The highest BCUT2D eigenvalue weighted by Gasteiger charge is 2.17. The molecule has 0 radical (unpaired) electrons. The minimum absolute atomic E-state index is 0.158. The van der Waals surface area contributed by atoms with Gasteiger partial charge in [-0.1, -0.05) is 17.7 Å². The highest BCUT2D eigenvalue weighted by atomic mass is 35.5. The summed E-state index contributed by atoms with van der Waals surface area (Å²) in [7, 11) is 1.58. The number of aromatic nitrogens is 3. The van der Waals surface area contributed by atoms with E-state index in [1.807, 2.05) is 13.0 Å². The first-order valence-corrected chi connectivity index (χ1v) is 8.11. The monoisotopic (exact) mass is 333 g/mol. The first kappa shape index (κ1) is 15.8. The van der Waals surface area contributed by atoms with E-state index in [0.29, 0.717) is 12.2 Å². The van der Waals surface area contributed by atoms with Crippen LogP contribution in [0.25, 0.3) is 0 Å². The van der Waals surface area contributed by atoms with E-state index >= 15 is 0 Å². The number of anilines is 2. The first-order chi connectivity index (χ1) is 11.1. The summed E-state index contributed by atoms with van der Waals surface area (Å²) in [6, 6.07) is 4.08. The average Bonchev–Trinajstić information content (AvgIpc) is 3.07. The van der Waals surface area contributed by atoms with Crippen LogP contribution < -0.4 is 15.8 Å². The minimum atomic E-state index is -0.307. The molecule has 0 aliphatic carbocycles. The van der Waals surface area contributed by atoms with Gasteiger partial charge in [0.2, 0.25) is 0 Å². The second-order valence-corrected chi connectivity index (χ2v) is 6.16. The van der Waals surface area contributed by atoms with Crippen molar-refractivity contribution in [3.63, 3.8) is 0 Å². The lowest BCUT2D eigenvalue weighted by atomic mass is 10.2. The molecule has 1 fully saturated rings. The molecule has 6 nitrogen and oxygen atoms in total. The fourth-order valence-electron chi connectivity index (χ4n) is 2.74. The van der Waals surface area contributed by atoms with Crippen LogP contribution in [0.15, 0.2) is 23.1 Å². The van der Waals surface area contributed by atoms with Gasteiger partial charge in [0.15, 0.2) is 0 Å². The van der Waals surface area contributed by atoms with E-state index in [4.69, 9.17) is 16.6 Å². The third-order valence-electron chi connectivity index (χ3n) is 4.05. The van der Waals surface area contributed by atoms with Crippen molar-refractivity contribution in [2.24, 2.45) is 7.05 Å². The van der Waals surface area contributed by atoms with Gasteiger partial charge in [0.1, 0.15) is 10.8 Å². The molecule has 7 heteroatoms. The zero-order chi connectivity index (χ0) is 16.4. The molecule has 0 amide bonds. The summed E-state index contributed by atoms with van der Waals surface area (Å²) in [5.74, 6) is 1.02. The van der Waals surface area contributed by atoms with Crippen LogP contribution in [0.5, 0.6) is 0 Å². The number of nitrogens with one attached hydrogen (secondary N) is 1. The van der Waals surface area contributed by atoms with Crippen LogP contribution in [-0.4, -0.2) is 27.9 Å². The molecule has 2 aromatic rings. The second kappa shape index (κ2) is 6.58. The van der Waals surface area contributed by atoms with Crippen molar-refractivity contribution >= 4 is 23.1 Å². The highest BCUT2D eigenvalue weighted by molar-refractivity contribution is 6.32. The Morgan fingerprint density at radius 2 is 2.04 bits per heavy atom.